The number of hydrogen-bond acceptors (Lipinski definition) is 5. The molecule has 3 aromatic heterocycles. The number of hydrogen-bond donors (Lipinski definition) is 2. The number of rotatable bonds is 2. The van der Waals surface area contributed by atoms with Gasteiger partial charge in [0, 0.05) is 38.1 Å². The van der Waals surface area contributed by atoms with Gasteiger partial charge in [0.25, 0.3) is 0 Å². The average molecular weight is 349 g/mol. The highest BCUT2D eigenvalue weighted by atomic mass is 16.2. The fraction of sp³-hybridized carbons (Fsp3) is 0.222. The summed E-state index contributed by atoms with van der Waals surface area (Å²) in [5, 5.41) is 10.4. The summed E-state index contributed by atoms with van der Waals surface area (Å²) in [6.45, 7) is 1.37. The first kappa shape index (κ1) is 16.1. The van der Waals surface area contributed by atoms with Crippen LogP contribution in [0.15, 0.2) is 49.1 Å². The molecule has 3 aromatic rings. The van der Waals surface area contributed by atoms with Crippen molar-refractivity contribution in [2.45, 2.75) is 6.42 Å². The lowest BCUT2D eigenvalue weighted by Gasteiger charge is -2.22. The van der Waals surface area contributed by atoms with Crippen LogP contribution < -0.4 is 15.5 Å². The number of pyridine rings is 2. The van der Waals surface area contributed by atoms with Gasteiger partial charge >= 0.3 is 6.03 Å². The zero-order chi connectivity index (χ0) is 17.9. The van der Waals surface area contributed by atoms with E-state index in [2.05, 4.69) is 20.7 Å². The van der Waals surface area contributed by atoms with Crippen LogP contribution in [-0.2, 0) is 7.05 Å². The third-order valence-corrected chi connectivity index (χ3v) is 4.16. The maximum atomic E-state index is 12.8. The highest BCUT2D eigenvalue weighted by Crippen LogP contribution is 2.30. The molecule has 0 aliphatic carbocycles. The van der Waals surface area contributed by atoms with Crippen molar-refractivity contribution in [2.24, 2.45) is 7.05 Å². The Balaban J connectivity index is 1.67. The Morgan fingerprint density at radius 2 is 2.19 bits per heavy atom. The van der Waals surface area contributed by atoms with Gasteiger partial charge in [-0.05, 0) is 30.7 Å². The first-order valence-corrected chi connectivity index (χ1v) is 8.43. The van der Waals surface area contributed by atoms with Crippen LogP contribution in [0.2, 0.25) is 0 Å². The summed E-state index contributed by atoms with van der Waals surface area (Å²) in [5.74, 6) is 0.616. The number of aryl methyl sites for hydroxylation is 1. The SMILES string of the molecule is Cn1cc(-c2ccc3c(n2)N(C(=O)Nc2cccnc2)CCCN3)cn1. The normalized spacial score (nSPS) is 13.5. The lowest BCUT2D eigenvalue weighted by Crippen LogP contribution is -2.36. The molecule has 4 heterocycles. The van der Waals surface area contributed by atoms with Gasteiger partial charge in [-0.3, -0.25) is 14.6 Å². The molecule has 2 amide bonds. The summed E-state index contributed by atoms with van der Waals surface area (Å²) in [6, 6.07) is 7.26. The monoisotopic (exact) mass is 349 g/mol. The molecule has 132 valence electrons. The van der Waals surface area contributed by atoms with E-state index in [1.807, 2.05) is 25.4 Å². The molecule has 0 aromatic carbocycles. The number of anilines is 3. The topological polar surface area (TPSA) is 88.0 Å². The van der Waals surface area contributed by atoms with Crippen molar-refractivity contribution >= 4 is 23.2 Å². The molecule has 4 rings (SSSR count). The van der Waals surface area contributed by atoms with Crippen LogP contribution in [-0.4, -0.2) is 38.9 Å². The van der Waals surface area contributed by atoms with E-state index in [4.69, 9.17) is 4.98 Å². The molecule has 0 atom stereocenters. The van der Waals surface area contributed by atoms with Crippen LogP contribution in [0.5, 0.6) is 0 Å². The Labute approximate surface area is 150 Å². The standard InChI is InChI=1S/C18H19N7O/c1-24-12-13(10-21-24)15-5-6-16-17(23-15)25(9-3-8-20-16)18(26)22-14-4-2-7-19-11-14/h2,4-7,10-12,20H,3,8-9H2,1H3,(H,22,26). The molecule has 0 radical (unpaired) electrons. The molecule has 0 fully saturated rings. The van der Waals surface area contributed by atoms with E-state index in [-0.39, 0.29) is 6.03 Å². The van der Waals surface area contributed by atoms with Gasteiger partial charge in [-0.2, -0.15) is 5.10 Å². The number of urea groups is 1. The van der Waals surface area contributed by atoms with E-state index < -0.39 is 0 Å². The van der Waals surface area contributed by atoms with Crippen molar-refractivity contribution < 1.29 is 4.79 Å². The van der Waals surface area contributed by atoms with Gasteiger partial charge in [0.15, 0.2) is 5.82 Å². The summed E-state index contributed by atoms with van der Waals surface area (Å²) in [6.07, 6.45) is 7.79. The molecule has 0 saturated carbocycles. The molecule has 1 aliphatic rings. The minimum Gasteiger partial charge on any atom is -0.382 e. The zero-order valence-electron chi connectivity index (χ0n) is 14.4. The highest BCUT2D eigenvalue weighted by molar-refractivity contribution is 6.03. The van der Waals surface area contributed by atoms with E-state index in [0.717, 1.165) is 29.9 Å². The first-order chi connectivity index (χ1) is 12.7. The molecule has 0 spiro atoms. The number of carbonyl (C=O) groups excluding carboxylic acids is 1. The largest absolute Gasteiger partial charge is 0.382 e. The predicted molar refractivity (Wildman–Crippen MR) is 100 cm³/mol. The Kier molecular flexibility index (Phi) is 4.22. The van der Waals surface area contributed by atoms with Gasteiger partial charge in [0.2, 0.25) is 0 Å². The van der Waals surface area contributed by atoms with Gasteiger partial charge in [-0.25, -0.2) is 9.78 Å². The summed E-state index contributed by atoms with van der Waals surface area (Å²) in [4.78, 5) is 23.3. The first-order valence-electron chi connectivity index (χ1n) is 8.43. The van der Waals surface area contributed by atoms with Gasteiger partial charge in [0.05, 0.1) is 29.5 Å². The Bertz CT molecular complexity index is 922. The van der Waals surface area contributed by atoms with E-state index in [0.29, 0.717) is 18.1 Å². The molecule has 0 bridgehead atoms. The van der Waals surface area contributed by atoms with Crippen LogP contribution >= 0.6 is 0 Å². The maximum absolute atomic E-state index is 12.8. The van der Waals surface area contributed by atoms with E-state index in [1.165, 1.54) is 0 Å². The lowest BCUT2D eigenvalue weighted by atomic mass is 10.2. The second-order valence-corrected chi connectivity index (χ2v) is 6.07. The Morgan fingerprint density at radius 1 is 1.27 bits per heavy atom. The Hall–Kier alpha value is -3.42. The minimum atomic E-state index is -0.223. The molecule has 26 heavy (non-hydrogen) atoms. The van der Waals surface area contributed by atoms with E-state index >= 15 is 0 Å². The molecular formula is C18H19N7O. The minimum absolute atomic E-state index is 0.223. The van der Waals surface area contributed by atoms with Gasteiger partial charge in [-0.15, -0.1) is 0 Å². The van der Waals surface area contributed by atoms with Crippen molar-refractivity contribution in [1.29, 1.82) is 0 Å². The molecule has 0 saturated heterocycles. The molecule has 8 nitrogen and oxygen atoms in total. The number of fused-ring (bicyclic) bond motifs is 1. The van der Waals surface area contributed by atoms with Crippen molar-refractivity contribution in [3.8, 4) is 11.3 Å². The van der Waals surface area contributed by atoms with Crippen molar-refractivity contribution in [3.63, 3.8) is 0 Å². The molecule has 0 unspecified atom stereocenters. The quantitative estimate of drug-likeness (QED) is 0.743. The predicted octanol–water partition coefficient (Wildman–Crippen LogP) is 2.73. The highest BCUT2D eigenvalue weighted by Gasteiger charge is 2.23. The van der Waals surface area contributed by atoms with E-state index in [1.54, 1.807) is 40.3 Å². The van der Waals surface area contributed by atoms with Crippen LogP contribution in [0.1, 0.15) is 6.42 Å². The number of amides is 2. The fourth-order valence-electron chi connectivity index (χ4n) is 2.90. The number of nitrogens with zero attached hydrogens (tertiary/aromatic N) is 5. The zero-order valence-corrected chi connectivity index (χ0v) is 14.4. The van der Waals surface area contributed by atoms with Crippen LogP contribution in [0.4, 0.5) is 22.0 Å². The van der Waals surface area contributed by atoms with Gasteiger partial charge in [0.1, 0.15) is 0 Å². The third-order valence-electron chi connectivity index (χ3n) is 4.16. The summed E-state index contributed by atoms with van der Waals surface area (Å²) in [5.41, 5.74) is 3.18. The van der Waals surface area contributed by atoms with Crippen molar-refractivity contribution in [1.82, 2.24) is 19.7 Å². The number of carbonyl (C=O) groups is 1. The van der Waals surface area contributed by atoms with Crippen LogP contribution in [0.25, 0.3) is 11.3 Å². The van der Waals surface area contributed by atoms with Crippen molar-refractivity contribution in [3.05, 3.63) is 49.1 Å². The van der Waals surface area contributed by atoms with Crippen LogP contribution in [0.3, 0.4) is 0 Å². The maximum Gasteiger partial charge on any atom is 0.327 e. The number of nitrogens with one attached hydrogen (secondary N) is 2. The third kappa shape index (κ3) is 3.21. The smallest absolute Gasteiger partial charge is 0.327 e. The van der Waals surface area contributed by atoms with Gasteiger partial charge in [-0.1, -0.05) is 0 Å². The second-order valence-electron chi connectivity index (χ2n) is 6.07. The summed E-state index contributed by atoms with van der Waals surface area (Å²) < 4.78 is 1.73. The molecule has 8 heteroatoms. The van der Waals surface area contributed by atoms with Crippen LogP contribution in [0, 0.1) is 0 Å². The molecule has 2 N–H and O–H groups in total. The fourth-order valence-corrected chi connectivity index (χ4v) is 2.90. The average Bonchev–Trinajstić information content (AvgIpc) is 2.98. The summed E-state index contributed by atoms with van der Waals surface area (Å²) >= 11 is 0. The molecular weight excluding hydrogens is 330 g/mol. The lowest BCUT2D eigenvalue weighted by molar-refractivity contribution is 0.257. The van der Waals surface area contributed by atoms with E-state index in [9.17, 15) is 4.79 Å². The second kappa shape index (κ2) is 6.83. The van der Waals surface area contributed by atoms with Gasteiger partial charge < -0.3 is 10.6 Å². The summed E-state index contributed by atoms with van der Waals surface area (Å²) in [7, 11) is 1.86. The number of aromatic nitrogens is 4. The van der Waals surface area contributed by atoms with Crippen molar-refractivity contribution in [2.75, 3.05) is 28.6 Å². The molecule has 1 aliphatic heterocycles. The Morgan fingerprint density at radius 3 is 2.96 bits per heavy atom.